The smallest absolute Gasteiger partial charge is 0.347 e. The number of fused-ring (bicyclic) bond motifs is 2. The number of hydrogen-bond acceptors (Lipinski definition) is 6. The number of carbonyl (C=O) groups excluding carboxylic acids is 1. The summed E-state index contributed by atoms with van der Waals surface area (Å²) in [5.74, 6) is 1.65. The molecule has 0 atom stereocenters. The Morgan fingerprint density at radius 1 is 1.09 bits per heavy atom. The highest BCUT2D eigenvalue weighted by Crippen LogP contribution is 2.37. The fourth-order valence-electron chi connectivity index (χ4n) is 3.67. The van der Waals surface area contributed by atoms with Gasteiger partial charge in [0, 0.05) is 28.8 Å². The van der Waals surface area contributed by atoms with E-state index < -0.39 is 5.97 Å². The Kier molecular flexibility index (Phi) is 5.03. The minimum Gasteiger partial charge on any atom is -0.493 e. The number of furan rings is 1. The van der Waals surface area contributed by atoms with Crippen LogP contribution in [0.3, 0.4) is 0 Å². The van der Waals surface area contributed by atoms with E-state index in [2.05, 4.69) is 4.98 Å². The average molecular weight is 445 g/mol. The maximum absolute atomic E-state index is 12.3. The van der Waals surface area contributed by atoms with Gasteiger partial charge < -0.3 is 23.6 Å². The number of nitrogens with one attached hydrogen (secondary N) is 1. The van der Waals surface area contributed by atoms with Gasteiger partial charge in [-0.2, -0.15) is 0 Å². The van der Waals surface area contributed by atoms with Crippen LogP contribution < -0.4 is 9.47 Å². The number of H-pyrrole nitrogens is 1. The highest BCUT2D eigenvalue weighted by atomic mass is 32.1. The summed E-state index contributed by atoms with van der Waals surface area (Å²) in [5, 5.41) is 0.840. The largest absolute Gasteiger partial charge is 0.493 e. The molecule has 0 unspecified atom stereocenters. The van der Waals surface area contributed by atoms with E-state index in [-0.39, 0.29) is 0 Å². The molecule has 2 aromatic heterocycles. The molecule has 4 aromatic rings. The second-order valence-electron chi connectivity index (χ2n) is 7.43. The lowest BCUT2D eigenvalue weighted by molar-refractivity contribution is 0.0716. The monoisotopic (exact) mass is 445 g/mol. The van der Waals surface area contributed by atoms with Crippen LogP contribution in [0.1, 0.15) is 32.9 Å². The summed E-state index contributed by atoms with van der Waals surface area (Å²) < 4.78 is 23.3. The molecule has 5 rings (SSSR count). The number of rotatable bonds is 5. The second kappa shape index (κ2) is 8.01. The number of esters is 1. The van der Waals surface area contributed by atoms with Gasteiger partial charge in [0.1, 0.15) is 33.9 Å². The van der Waals surface area contributed by atoms with Crippen molar-refractivity contribution in [3.05, 3.63) is 87.4 Å². The number of aromatic amines is 1. The Hall–Kier alpha value is -3.84. The summed E-state index contributed by atoms with van der Waals surface area (Å²) in [6, 6.07) is 17.2. The molecule has 0 amide bonds. The Balaban J connectivity index is 1.49. The van der Waals surface area contributed by atoms with Crippen molar-refractivity contribution in [3.63, 3.8) is 0 Å². The molecule has 0 saturated carbocycles. The van der Waals surface area contributed by atoms with Crippen LogP contribution in [0.4, 0.5) is 0 Å². The van der Waals surface area contributed by atoms with Crippen LogP contribution in [0.5, 0.6) is 11.5 Å². The minimum atomic E-state index is -0.470. The SMILES string of the molecule is COc1cc2cc(/C=C3\OC(=O)c4c3cc(C)[nH]c4=S)oc2cc1OCc1ccccc1. The number of carbonyl (C=O) groups is 1. The summed E-state index contributed by atoms with van der Waals surface area (Å²) in [5.41, 5.74) is 3.54. The number of pyridine rings is 1. The fourth-order valence-corrected chi connectivity index (χ4v) is 4.03. The topological polar surface area (TPSA) is 73.7 Å². The lowest BCUT2D eigenvalue weighted by atomic mass is 10.1. The fraction of sp³-hybridized carbons (Fsp3) is 0.120. The zero-order chi connectivity index (χ0) is 22.2. The molecule has 1 aliphatic heterocycles. The average Bonchev–Trinajstić information content (AvgIpc) is 3.31. The van der Waals surface area contributed by atoms with Crippen LogP contribution >= 0.6 is 12.2 Å². The zero-order valence-electron chi connectivity index (χ0n) is 17.4. The zero-order valence-corrected chi connectivity index (χ0v) is 18.2. The van der Waals surface area contributed by atoms with Gasteiger partial charge in [0.2, 0.25) is 0 Å². The molecule has 0 saturated heterocycles. The van der Waals surface area contributed by atoms with E-state index in [9.17, 15) is 4.79 Å². The van der Waals surface area contributed by atoms with Gasteiger partial charge in [0.25, 0.3) is 0 Å². The lowest BCUT2D eigenvalue weighted by Crippen LogP contribution is -1.97. The quantitative estimate of drug-likeness (QED) is 0.298. The van der Waals surface area contributed by atoms with Crippen LogP contribution in [0.15, 0.2) is 59.0 Å². The first-order chi connectivity index (χ1) is 15.5. The van der Waals surface area contributed by atoms with Crippen molar-refractivity contribution in [2.45, 2.75) is 13.5 Å². The number of hydrogen-bond donors (Lipinski definition) is 1. The molecule has 0 fully saturated rings. The molecule has 1 aliphatic rings. The third kappa shape index (κ3) is 3.67. The van der Waals surface area contributed by atoms with Gasteiger partial charge in [-0.1, -0.05) is 42.5 Å². The van der Waals surface area contributed by atoms with Crippen molar-refractivity contribution in [2.75, 3.05) is 7.11 Å². The molecule has 0 spiro atoms. The number of aryl methyl sites for hydroxylation is 1. The molecule has 6 nitrogen and oxygen atoms in total. The van der Waals surface area contributed by atoms with Crippen molar-refractivity contribution in [1.29, 1.82) is 0 Å². The van der Waals surface area contributed by atoms with Crippen LogP contribution in [0, 0.1) is 11.6 Å². The number of benzene rings is 2. The van der Waals surface area contributed by atoms with Gasteiger partial charge in [0.05, 0.1) is 7.11 Å². The Bertz CT molecular complexity index is 1430. The van der Waals surface area contributed by atoms with E-state index in [1.165, 1.54) is 0 Å². The summed E-state index contributed by atoms with van der Waals surface area (Å²) in [4.78, 5) is 15.3. The van der Waals surface area contributed by atoms with Crippen LogP contribution in [0.2, 0.25) is 0 Å². The van der Waals surface area contributed by atoms with E-state index in [0.29, 0.717) is 51.0 Å². The standard InChI is InChI=1S/C25H19NO5S/c1-14-8-18-20(31-25(27)23(18)24(32)26-14)11-17-9-16-10-21(28-2)22(12-19(16)30-17)29-13-15-6-4-3-5-7-15/h3-12H,13H2,1-2H3,(H,26,32)/b20-11-. The van der Waals surface area contributed by atoms with Crippen LogP contribution in [-0.4, -0.2) is 18.1 Å². The van der Waals surface area contributed by atoms with E-state index in [4.69, 9.17) is 30.8 Å². The Morgan fingerprint density at radius 3 is 2.69 bits per heavy atom. The molecular weight excluding hydrogens is 426 g/mol. The summed E-state index contributed by atoms with van der Waals surface area (Å²) in [6.07, 6.45) is 1.69. The number of cyclic esters (lactones) is 1. The third-order valence-corrected chi connectivity index (χ3v) is 5.48. The molecular formula is C25H19NO5S. The number of aromatic nitrogens is 1. The van der Waals surface area contributed by atoms with Crippen molar-refractivity contribution in [2.24, 2.45) is 0 Å². The van der Waals surface area contributed by atoms with Gasteiger partial charge in [-0.15, -0.1) is 0 Å². The minimum absolute atomic E-state index is 0.364. The summed E-state index contributed by atoms with van der Waals surface area (Å²) in [6.45, 7) is 2.29. The van der Waals surface area contributed by atoms with E-state index >= 15 is 0 Å². The molecule has 7 heteroatoms. The molecule has 32 heavy (non-hydrogen) atoms. The molecule has 1 N–H and O–H groups in total. The van der Waals surface area contributed by atoms with Crippen molar-refractivity contribution in [3.8, 4) is 11.5 Å². The van der Waals surface area contributed by atoms with E-state index in [0.717, 1.165) is 16.6 Å². The van der Waals surface area contributed by atoms with Gasteiger partial charge in [-0.05, 0) is 30.7 Å². The van der Waals surface area contributed by atoms with Crippen LogP contribution in [-0.2, 0) is 11.3 Å². The highest BCUT2D eigenvalue weighted by molar-refractivity contribution is 7.71. The van der Waals surface area contributed by atoms with Gasteiger partial charge >= 0.3 is 5.97 Å². The maximum atomic E-state index is 12.3. The predicted octanol–water partition coefficient (Wildman–Crippen LogP) is 6.05. The third-order valence-electron chi connectivity index (χ3n) is 5.17. The second-order valence-corrected chi connectivity index (χ2v) is 7.84. The Labute approximate surface area is 189 Å². The molecule has 0 radical (unpaired) electrons. The first-order valence-electron chi connectivity index (χ1n) is 9.98. The van der Waals surface area contributed by atoms with Gasteiger partial charge in [-0.25, -0.2) is 4.79 Å². The van der Waals surface area contributed by atoms with Crippen molar-refractivity contribution >= 4 is 41.0 Å². The molecule has 0 bridgehead atoms. The van der Waals surface area contributed by atoms with Crippen molar-refractivity contribution < 1.29 is 23.4 Å². The first kappa shape index (κ1) is 20.1. The van der Waals surface area contributed by atoms with Crippen molar-refractivity contribution in [1.82, 2.24) is 4.98 Å². The lowest BCUT2D eigenvalue weighted by Gasteiger charge is -2.10. The van der Waals surface area contributed by atoms with Gasteiger partial charge in [-0.3, -0.25) is 0 Å². The normalized spacial score (nSPS) is 13.9. The maximum Gasteiger partial charge on any atom is 0.347 e. The Morgan fingerprint density at radius 2 is 1.91 bits per heavy atom. The molecule has 3 heterocycles. The molecule has 160 valence electrons. The predicted molar refractivity (Wildman–Crippen MR) is 123 cm³/mol. The number of methoxy groups -OCH3 is 1. The number of ether oxygens (including phenoxy) is 3. The van der Waals surface area contributed by atoms with E-state index in [1.54, 1.807) is 19.3 Å². The molecule has 0 aliphatic carbocycles. The van der Waals surface area contributed by atoms with Gasteiger partial charge in [0.15, 0.2) is 11.5 Å². The summed E-state index contributed by atoms with van der Waals surface area (Å²) >= 11 is 5.28. The molecule has 2 aromatic carbocycles. The first-order valence-corrected chi connectivity index (χ1v) is 10.4. The highest BCUT2D eigenvalue weighted by Gasteiger charge is 2.29. The summed E-state index contributed by atoms with van der Waals surface area (Å²) in [7, 11) is 1.60. The van der Waals surface area contributed by atoms with Crippen LogP contribution in [0.25, 0.3) is 22.8 Å². The van der Waals surface area contributed by atoms with E-state index in [1.807, 2.05) is 55.5 Å².